The summed E-state index contributed by atoms with van der Waals surface area (Å²) in [6.07, 6.45) is -1.39. The molecule has 0 radical (unpaired) electrons. The van der Waals surface area contributed by atoms with Gasteiger partial charge in [0, 0.05) is 0 Å². The number of alkyl halides is 1. The molecule has 0 heterocycles. The van der Waals surface area contributed by atoms with E-state index in [0.29, 0.717) is 11.1 Å². The number of fused-ring (bicyclic) bond motifs is 1. The minimum absolute atomic E-state index is 0.250. The third-order valence-electron chi connectivity index (χ3n) is 6.89. The third-order valence-corrected chi connectivity index (χ3v) is 8.67. The minimum Gasteiger partial charge on any atom is -0.454 e. The van der Waals surface area contributed by atoms with E-state index in [9.17, 15) is 9.59 Å². The summed E-state index contributed by atoms with van der Waals surface area (Å²) in [7, 11) is 0. The molecule has 4 aromatic rings. The molecule has 0 saturated heterocycles. The van der Waals surface area contributed by atoms with Gasteiger partial charge in [0.05, 0.1) is 17.0 Å². The van der Waals surface area contributed by atoms with E-state index in [-0.39, 0.29) is 5.92 Å². The van der Waals surface area contributed by atoms with Gasteiger partial charge in [0.15, 0.2) is 12.2 Å². The van der Waals surface area contributed by atoms with Gasteiger partial charge in [0.2, 0.25) is 0 Å². The lowest BCUT2D eigenvalue weighted by molar-refractivity contribution is -0.0584. The predicted octanol–water partition coefficient (Wildman–Crippen LogP) is 6.28. The highest BCUT2D eigenvalue weighted by molar-refractivity contribution is 14.1. The first-order valence-electron chi connectivity index (χ1n) is 11.5. The second-order valence-electron chi connectivity index (χ2n) is 8.79. The number of benzene rings is 4. The monoisotopic (exact) mass is 572 g/mol. The molecule has 2 bridgehead atoms. The molecule has 4 aromatic carbocycles. The first-order chi connectivity index (χ1) is 17.1. The summed E-state index contributed by atoms with van der Waals surface area (Å²) in [6.45, 7) is 0. The summed E-state index contributed by atoms with van der Waals surface area (Å²) in [4.78, 5) is 26.5. The number of hydrogen-bond donors (Lipinski definition) is 0. The van der Waals surface area contributed by atoms with Gasteiger partial charge in [-0.05, 0) is 46.5 Å². The van der Waals surface area contributed by atoms with Gasteiger partial charge in [0.25, 0.3) is 0 Å². The molecule has 3 aliphatic rings. The molecule has 0 fully saturated rings. The molecule has 4 nitrogen and oxygen atoms in total. The third kappa shape index (κ3) is 3.48. The van der Waals surface area contributed by atoms with Gasteiger partial charge in [-0.3, -0.25) is 0 Å². The van der Waals surface area contributed by atoms with Crippen molar-refractivity contribution in [2.75, 3.05) is 0 Å². The van der Waals surface area contributed by atoms with Crippen LogP contribution in [0.15, 0.2) is 109 Å². The lowest BCUT2D eigenvalue weighted by Crippen LogP contribution is -2.58. The molecular weight excluding hydrogens is 551 g/mol. The van der Waals surface area contributed by atoms with Crippen molar-refractivity contribution in [1.29, 1.82) is 0 Å². The van der Waals surface area contributed by atoms with Crippen molar-refractivity contribution < 1.29 is 19.1 Å². The van der Waals surface area contributed by atoms with Crippen LogP contribution in [0, 0.1) is 0 Å². The highest BCUT2D eigenvalue weighted by Crippen LogP contribution is 2.61. The van der Waals surface area contributed by atoms with Crippen molar-refractivity contribution in [2.45, 2.75) is 21.5 Å². The molecule has 0 amide bonds. The summed E-state index contributed by atoms with van der Waals surface area (Å²) in [6, 6.07) is 34.2. The van der Waals surface area contributed by atoms with Crippen molar-refractivity contribution in [3.63, 3.8) is 0 Å². The Morgan fingerprint density at radius 3 is 1.54 bits per heavy atom. The van der Waals surface area contributed by atoms with E-state index in [4.69, 9.17) is 9.47 Å². The Kier molecular flexibility index (Phi) is 5.44. The zero-order valence-electron chi connectivity index (χ0n) is 18.6. The average molecular weight is 572 g/mol. The largest absolute Gasteiger partial charge is 0.454 e. The SMILES string of the molecule is O=C(OC1C2c3ccccc3C(I)(c3ccccc32)C1OC(=O)c1ccccc1)c1ccccc1. The van der Waals surface area contributed by atoms with Crippen LogP contribution in [0.3, 0.4) is 0 Å². The number of carbonyl (C=O) groups excluding carboxylic acids is 2. The highest BCUT2D eigenvalue weighted by atomic mass is 127. The number of ether oxygens (including phenoxy) is 2. The van der Waals surface area contributed by atoms with Gasteiger partial charge in [-0.25, -0.2) is 9.59 Å². The first-order valence-corrected chi connectivity index (χ1v) is 12.6. The molecule has 0 spiro atoms. The molecule has 3 aliphatic carbocycles. The van der Waals surface area contributed by atoms with Crippen molar-refractivity contribution in [3.8, 4) is 0 Å². The summed E-state index contributed by atoms with van der Waals surface area (Å²) >= 11 is 2.40. The van der Waals surface area contributed by atoms with E-state index in [1.807, 2.05) is 36.4 Å². The van der Waals surface area contributed by atoms with Crippen LogP contribution in [0.25, 0.3) is 0 Å². The van der Waals surface area contributed by atoms with E-state index in [0.717, 1.165) is 22.3 Å². The predicted molar refractivity (Wildman–Crippen MR) is 141 cm³/mol. The molecule has 7 rings (SSSR count). The summed E-state index contributed by atoms with van der Waals surface area (Å²) < 4.78 is 11.8. The molecule has 5 heteroatoms. The topological polar surface area (TPSA) is 52.6 Å². The summed E-state index contributed by atoms with van der Waals surface area (Å²) in [5.41, 5.74) is 5.29. The molecule has 2 unspecified atom stereocenters. The lowest BCUT2D eigenvalue weighted by Gasteiger charge is -2.53. The summed E-state index contributed by atoms with van der Waals surface area (Å²) in [5, 5.41) is 0. The molecule has 0 N–H and O–H groups in total. The maximum atomic E-state index is 13.3. The van der Waals surface area contributed by atoms with E-state index >= 15 is 0 Å². The highest BCUT2D eigenvalue weighted by Gasteiger charge is 2.61. The van der Waals surface area contributed by atoms with Crippen molar-refractivity contribution in [2.24, 2.45) is 0 Å². The molecule has 172 valence electrons. The maximum Gasteiger partial charge on any atom is 0.338 e. The van der Waals surface area contributed by atoms with E-state index < -0.39 is 27.6 Å². The average Bonchev–Trinajstić information content (AvgIpc) is 2.91. The molecular formula is C30H21IO4. The van der Waals surface area contributed by atoms with Crippen LogP contribution >= 0.6 is 22.6 Å². The fourth-order valence-corrected chi connectivity index (χ4v) is 6.84. The van der Waals surface area contributed by atoms with Crippen molar-refractivity contribution >= 4 is 34.5 Å². The zero-order chi connectivity index (χ0) is 24.0. The Balaban J connectivity index is 1.50. The first kappa shape index (κ1) is 22.0. The van der Waals surface area contributed by atoms with Gasteiger partial charge in [-0.15, -0.1) is 0 Å². The molecule has 0 aliphatic heterocycles. The van der Waals surface area contributed by atoms with Crippen LogP contribution in [0.5, 0.6) is 0 Å². The Morgan fingerprint density at radius 1 is 0.600 bits per heavy atom. The quantitative estimate of drug-likeness (QED) is 0.164. The smallest absolute Gasteiger partial charge is 0.338 e. The molecule has 0 aromatic heterocycles. The van der Waals surface area contributed by atoms with Crippen molar-refractivity contribution in [3.05, 3.63) is 143 Å². The van der Waals surface area contributed by atoms with Crippen LogP contribution in [-0.4, -0.2) is 24.1 Å². The van der Waals surface area contributed by atoms with E-state index in [1.165, 1.54) is 0 Å². The van der Waals surface area contributed by atoms with Gasteiger partial charge >= 0.3 is 11.9 Å². The zero-order valence-corrected chi connectivity index (χ0v) is 20.8. The fraction of sp³-hybridized carbons (Fsp3) is 0.133. The Hall–Kier alpha value is -3.45. The van der Waals surface area contributed by atoms with Gasteiger partial charge in [-0.2, -0.15) is 0 Å². The number of halogens is 1. The van der Waals surface area contributed by atoms with E-state index in [1.54, 1.807) is 48.5 Å². The molecule has 0 saturated carbocycles. The number of rotatable bonds is 4. The normalized spacial score (nSPS) is 23.6. The van der Waals surface area contributed by atoms with Crippen LogP contribution < -0.4 is 0 Å². The van der Waals surface area contributed by atoms with Gasteiger partial charge < -0.3 is 9.47 Å². The van der Waals surface area contributed by atoms with Gasteiger partial charge in [-0.1, -0.05) is 108 Å². The van der Waals surface area contributed by atoms with Gasteiger partial charge in [0.1, 0.15) is 3.42 Å². The minimum atomic E-state index is -0.716. The maximum absolute atomic E-state index is 13.3. The second-order valence-corrected chi connectivity index (χ2v) is 10.5. The number of carbonyl (C=O) groups is 2. The molecule has 2 atom stereocenters. The Bertz CT molecular complexity index is 1370. The Labute approximate surface area is 217 Å². The standard InChI is InChI=1S/C30H21IO4/c31-30-23-17-9-7-15-21(23)25(22-16-8-10-18-24(22)30)26(34-28(32)19-11-3-1-4-12-19)27(30)35-29(33)20-13-5-2-6-14-20/h1-18,25-27H. The molecule has 35 heavy (non-hydrogen) atoms. The van der Waals surface area contributed by atoms with Crippen molar-refractivity contribution in [1.82, 2.24) is 0 Å². The number of esters is 2. The summed E-state index contributed by atoms with van der Waals surface area (Å²) in [5.74, 6) is -1.12. The van der Waals surface area contributed by atoms with Crippen LogP contribution in [0.1, 0.15) is 48.9 Å². The second kappa shape index (κ2) is 8.64. The van der Waals surface area contributed by atoms with Crippen LogP contribution in [0.2, 0.25) is 0 Å². The van der Waals surface area contributed by atoms with Crippen LogP contribution in [0.4, 0.5) is 0 Å². The lowest BCUT2D eigenvalue weighted by atomic mass is 9.61. The fourth-order valence-electron chi connectivity index (χ4n) is 5.37. The van der Waals surface area contributed by atoms with E-state index in [2.05, 4.69) is 46.9 Å². The Morgan fingerprint density at radius 2 is 1.03 bits per heavy atom. The number of hydrogen-bond acceptors (Lipinski definition) is 4. The van der Waals surface area contributed by atoms with Crippen LogP contribution in [-0.2, 0) is 12.9 Å².